The summed E-state index contributed by atoms with van der Waals surface area (Å²) in [6.45, 7) is 1.17. The van der Waals surface area contributed by atoms with Crippen LogP contribution in [0.25, 0.3) is 0 Å². The van der Waals surface area contributed by atoms with Crippen LogP contribution in [-0.2, 0) is 9.47 Å². The van der Waals surface area contributed by atoms with Crippen molar-refractivity contribution in [2.24, 2.45) is 5.92 Å². The Balaban J connectivity index is 2.15. The van der Waals surface area contributed by atoms with E-state index in [2.05, 4.69) is 28.1 Å². The van der Waals surface area contributed by atoms with Gasteiger partial charge in [-0.3, -0.25) is 0 Å². The van der Waals surface area contributed by atoms with Gasteiger partial charge in [-0.2, -0.15) is 0 Å². The molecule has 2 atom stereocenters. The molecule has 2 unspecified atom stereocenters. The summed E-state index contributed by atoms with van der Waals surface area (Å²) < 4.78 is 10.9. The Bertz CT molecular complexity index is 276. The minimum absolute atomic E-state index is 0.171. The van der Waals surface area contributed by atoms with Gasteiger partial charge in [-0.1, -0.05) is 46.3 Å². The fourth-order valence-corrected chi connectivity index (χ4v) is 2.21. The zero-order valence-corrected chi connectivity index (χ0v) is 9.44. The van der Waals surface area contributed by atoms with Gasteiger partial charge in [0.1, 0.15) is 6.79 Å². The molecule has 0 amide bonds. The van der Waals surface area contributed by atoms with Gasteiger partial charge in [0.05, 0.1) is 12.7 Å². The predicted molar refractivity (Wildman–Crippen MR) is 58.4 cm³/mol. The highest BCUT2D eigenvalue weighted by Crippen LogP contribution is 2.30. The molecule has 1 saturated heterocycles. The van der Waals surface area contributed by atoms with Crippen LogP contribution >= 0.6 is 15.9 Å². The van der Waals surface area contributed by atoms with Gasteiger partial charge in [0.15, 0.2) is 0 Å². The van der Waals surface area contributed by atoms with Crippen molar-refractivity contribution in [1.82, 2.24) is 0 Å². The van der Waals surface area contributed by atoms with Gasteiger partial charge in [-0.05, 0) is 5.56 Å². The second-order valence-corrected chi connectivity index (χ2v) is 4.05. The maximum Gasteiger partial charge on any atom is 0.147 e. The van der Waals surface area contributed by atoms with Crippen LogP contribution in [-0.4, -0.2) is 18.7 Å². The molecule has 0 radical (unpaired) electrons. The summed E-state index contributed by atoms with van der Waals surface area (Å²) in [6.07, 6.45) is 0.171. The molecule has 1 aliphatic heterocycles. The van der Waals surface area contributed by atoms with Gasteiger partial charge in [0, 0.05) is 11.2 Å². The molecule has 1 aromatic carbocycles. The van der Waals surface area contributed by atoms with E-state index < -0.39 is 0 Å². The molecule has 76 valence electrons. The van der Waals surface area contributed by atoms with E-state index >= 15 is 0 Å². The van der Waals surface area contributed by atoms with Crippen molar-refractivity contribution in [3.05, 3.63) is 35.9 Å². The first-order chi connectivity index (χ1) is 6.92. The van der Waals surface area contributed by atoms with Crippen LogP contribution in [0.5, 0.6) is 0 Å². The van der Waals surface area contributed by atoms with E-state index in [1.807, 2.05) is 18.2 Å². The molecule has 0 N–H and O–H groups in total. The molecule has 0 bridgehead atoms. The van der Waals surface area contributed by atoms with Crippen LogP contribution in [0.3, 0.4) is 0 Å². The van der Waals surface area contributed by atoms with Crippen molar-refractivity contribution in [3.8, 4) is 0 Å². The molecular formula is C11H13BrO2. The van der Waals surface area contributed by atoms with Crippen molar-refractivity contribution in [3.63, 3.8) is 0 Å². The Morgan fingerprint density at radius 2 is 2.07 bits per heavy atom. The zero-order chi connectivity index (χ0) is 9.80. The Morgan fingerprint density at radius 3 is 2.79 bits per heavy atom. The molecule has 0 aliphatic carbocycles. The van der Waals surface area contributed by atoms with Crippen molar-refractivity contribution in [2.45, 2.75) is 6.10 Å². The fourth-order valence-electron chi connectivity index (χ4n) is 1.68. The molecule has 2 nitrogen and oxygen atoms in total. The minimum Gasteiger partial charge on any atom is -0.355 e. The number of hydrogen-bond donors (Lipinski definition) is 0. The summed E-state index contributed by atoms with van der Waals surface area (Å²) >= 11 is 3.49. The van der Waals surface area contributed by atoms with Crippen molar-refractivity contribution >= 4 is 15.9 Å². The molecule has 14 heavy (non-hydrogen) atoms. The predicted octanol–water partition coefficient (Wildman–Crippen LogP) is 2.74. The monoisotopic (exact) mass is 256 g/mol. The molecule has 2 rings (SSSR count). The summed E-state index contributed by atoms with van der Waals surface area (Å²) in [5.74, 6) is 0.408. The lowest BCUT2D eigenvalue weighted by Crippen LogP contribution is -2.29. The molecule has 3 heteroatoms. The average Bonchev–Trinajstić information content (AvgIpc) is 2.30. The Labute approximate surface area is 92.3 Å². The van der Waals surface area contributed by atoms with Crippen LogP contribution in [0.1, 0.15) is 11.7 Å². The second-order valence-electron chi connectivity index (χ2n) is 3.40. The number of hydrogen-bond acceptors (Lipinski definition) is 2. The normalized spacial score (nSPS) is 27.5. The SMILES string of the molecule is BrCC1COCOC1c1ccccc1. The van der Waals surface area contributed by atoms with Gasteiger partial charge in [-0.25, -0.2) is 0 Å². The highest BCUT2D eigenvalue weighted by molar-refractivity contribution is 9.09. The van der Waals surface area contributed by atoms with E-state index in [9.17, 15) is 0 Å². The molecule has 1 heterocycles. The van der Waals surface area contributed by atoms with Gasteiger partial charge in [0.2, 0.25) is 0 Å². The van der Waals surface area contributed by atoms with E-state index in [-0.39, 0.29) is 6.10 Å². The summed E-state index contributed by atoms with van der Waals surface area (Å²) in [7, 11) is 0. The summed E-state index contributed by atoms with van der Waals surface area (Å²) in [4.78, 5) is 0. The lowest BCUT2D eigenvalue weighted by atomic mass is 9.97. The third-order valence-corrected chi connectivity index (χ3v) is 3.25. The average molecular weight is 257 g/mol. The van der Waals surface area contributed by atoms with Gasteiger partial charge in [0.25, 0.3) is 0 Å². The number of alkyl halides is 1. The highest BCUT2D eigenvalue weighted by atomic mass is 79.9. The van der Waals surface area contributed by atoms with E-state index in [0.29, 0.717) is 12.7 Å². The first-order valence-corrected chi connectivity index (χ1v) is 5.84. The lowest BCUT2D eigenvalue weighted by molar-refractivity contribution is -0.167. The standard InChI is InChI=1S/C11H13BrO2/c12-6-10-7-13-8-14-11(10)9-4-2-1-3-5-9/h1-5,10-11H,6-8H2. The Morgan fingerprint density at radius 1 is 1.29 bits per heavy atom. The Kier molecular flexibility index (Phi) is 3.56. The van der Waals surface area contributed by atoms with Crippen LogP contribution in [0.4, 0.5) is 0 Å². The first kappa shape index (κ1) is 10.1. The van der Waals surface area contributed by atoms with Crippen LogP contribution in [0.15, 0.2) is 30.3 Å². The maximum atomic E-state index is 5.62. The number of rotatable bonds is 2. The van der Waals surface area contributed by atoms with Crippen LogP contribution in [0, 0.1) is 5.92 Å². The Hall–Kier alpha value is -0.380. The quantitative estimate of drug-likeness (QED) is 0.758. The maximum absolute atomic E-state index is 5.62. The van der Waals surface area contributed by atoms with E-state index in [1.54, 1.807) is 0 Å². The van der Waals surface area contributed by atoms with Crippen molar-refractivity contribution in [2.75, 3.05) is 18.7 Å². The van der Waals surface area contributed by atoms with Gasteiger partial charge in [-0.15, -0.1) is 0 Å². The molecule has 1 fully saturated rings. The molecular weight excluding hydrogens is 244 g/mol. The minimum atomic E-state index is 0.171. The third kappa shape index (κ3) is 2.16. The van der Waals surface area contributed by atoms with Crippen molar-refractivity contribution in [1.29, 1.82) is 0 Å². The number of ether oxygens (including phenoxy) is 2. The molecule has 1 aromatic rings. The molecule has 1 aliphatic rings. The largest absolute Gasteiger partial charge is 0.355 e. The van der Waals surface area contributed by atoms with Gasteiger partial charge < -0.3 is 9.47 Å². The topological polar surface area (TPSA) is 18.5 Å². The van der Waals surface area contributed by atoms with E-state index in [1.165, 1.54) is 5.56 Å². The van der Waals surface area contributed by atoms with Crippen LogP contribution in [0.2, 0.25) is 0 Å². The zero-order valence-electron chi connectivity index (χ0n) is 7.86. The summed E-state index contributed by atoms with van der Waals surface area (Å²) in [5.41, 5.74) is 1.24. The van der Waals surface area contributed by atoms with Crippen molar-refractivity contribution < 1.29 is 9.47 Å². The molecule has 0 spiro atoms. The molecule has 0 aromatic heterocycles. The van der Waals surface area contributed by atoms with E-state index in [0.717, 1.165) is 11.9 Å². The first-order valence-electron chi connectivity index (χ1n) is 4.72. The number of halogens is 1. The highest BCUT2D eigenvalue weighted by Gasteiger charge is 2.26. The molecule has 0 saturated carbocycles. The van der Waals surface area contributed by atoms with Crippen LogP contribution < -0.4 is 0 Å². The van der Waals surface area contributed by atoms with Gasteiger partial charge >= 0.3 is 0 Å². The number of benzene rings is 1. The summed E-state index contributed by atoms with van der Waals surface area (Å²) in [5, 5.41) is 0.909. The second kappa shape index (κ2) is 4.91. The lowest BCUT2D eigenvalue weighted by Gasteiger charge is -2.30. The fraction of sp³-hybridized carbons (Fsp3) is 0.455. The van der Waals surface area contributed by atoms with E-state index in [4.69, 9.17) is 9.47 Å². The third-order valence-electron chi connectivity index (χ3n) is 2.42. The summed E-state index contributed by atoms with van der Waals surface area (Å²) in [6, 6.07) is 10.3. The smallest absolute Gasteiger partial charge is 0.147 e.